The van der Waals surface area contributed by atoms with E-state index in [9.17, 15) is 29.4 Å². The lowest BCUT2D eigenvalue weighted by Gasteiger charge is -2.47. The molecule has 0 aliphatic heterocycles. The van der Waals surface area contributed by atoms with Crippen molar-refractivity contribution in [2.45, 2.75) is 45.4 Å². The topological polar surface area (TPSA) is 149 Å². The van der Waals surface area contributed by atoms with Gasteiger partial charge in [-0.05, 0) is 24.2 Å². The molecule has 3 unspecified atom stereocenters. The van der Waals surface area contributed by atoms with Crippen molar-refractivity contribution in [1.82, 2.24) is 0 Å². The number of hydrogen-bond acceptors (Lipinski definition) is 4. The number of carboxylic acids is 4. The lowest BCUT2D eigenvalue weighted by molar-refractivity contribution is -0.168. The Morgan fingerprint density at radius 1 is 0.957 bits per heavy atom. The van der Waals surface area contributed by atoms with Crippen LogP contribution in [0.5, 0.6) is 0 Å². The Kier molecular flexibility index (Phi) is 6.12. The lowest BCUT2D eigenvalue weighted by atomic mass is 9.55. The number of rotatable bonds is 8. The van der Waals surface area contributed by atoms with E-state index in [0.717, 1.165) is 6.42 Å². The molecule has 23 heavy (non-hydrogen) atoms. The fraction of sp³-hybridized carbons (Fsp3) is 0.733. The number of aliphatic carboxylic acids is 4. The fourth-order valence-corrected chi connectivity index (χ4v) is 3.93. The minimum atomic E-state index is -1.43. The maximum absolute atomic E-state index is 11.7. The van der Waals surface area contributed by atoms with E-state index >= 15 is 0 Å². The van der Waals surface area contributed by atoms with Crippen molar-refractivity contribution in [3.05, 3.63) is 0 Å². The smallest absolute Gasteiger partial charge is 0.307 e. The second-order valence-corrected chi connectivity index (χ2v) is 6.41. The summed E-state index contributed by atoms with van der Waals surface area (Å²) >= 11 is 0. The van der Waals surface area contributed by atoms with E-state index in [0.29, 0.717) is 6.42 Å². The molecule has 8 heteroatoms. The van der Waals surface area contributed by atoms with E-state index < -0.39 is 54.0 Å². The largest absolute Gasteiger partial charge is 0.481 e. The fourth-order valence-electron chi connectivity index (χ4n) is 3.93. The molecule has 130 valence electrons. The van der Waals surface area contributed by atoms with Crippen LogP contribution in [0.3, 0.4) is 0 Å². The molecule has 8 nitrogen and oxygen atoms in total. The summed E-state index contributed by atoms with van der Waals surface area (Å²) in [7, 11) is 0. The maximum atomic E-state index is 11.7. The van der Waals surface area contributed by atoms with Crippen LogP contribution in [0.15, 0.2) is 0 Å². The summed E-state index contributed by atoms with van der Waals surface area (Å²) in [5.74, 6) is -8.30. The molecular formula is C15H22O8. The monoisotopic (exact) mass is 330 g/mol. The zero-order valence-electron chi connectivity index (χ0n) is 12.9. The van der Waals surface area contributed by atoms with Gasteiger partial charge in [-0.1, -0.05) is 19.8 Å². The molecule has 1 saturated carbocycles. The molecule has 1 aliphatic rings. The van der Waals surface area contributed by atoms with Crippen LogP contribution < -0.4 is 0 Å². The third-order valence-electron chi connectivity index (χ3n) is 4.81. The Bertz CT molecular complexity index is 464. The van der Waals surface area contributed by atoms with Crippen LogP contribution in [0.1, 0.15) is 45.4 Å². The number of carboxylic acid groups (broad SMARTS) is 4. The van der Waals surface area contributed by atoms with Crippen LogP contribution in [0, 0.1) is 23.2 Å². The predicted octanol–water partition coefficient (Wildman–Crippen LogP) is 1.53. The molecule has 1 aliphatic carbocycles. The standard InChI is InChI=1S/C15H22O8/c1-8-3-2-4-15(7-8,9(13(20)21)5-11(16)17)10(14(22)23)6-12(18)19/h8-10H,2-7H2,1H3,(H,16,17)(H,18,19)(H,20,21)(H,22,23). The van der Waals surface area contributed by atoms with Gasteiger partial charge in [-0.25, -0.2) is 0 Å². The van der Waals surface area contributed by atoms with E-state index in [1.54, 1.807) is 0 Å². The summed E-state index contributed by atoms with van der Waals surface area (Å²) in [5.41, 5.74) is -1.37. The quantitative estimate of drug-likeness (QED) is 0.523. The SMILES string of the molecule is CC1CCCC(C(CC(=O)O)C(=O)O)(C(CC(=O)O)C(=O)O)C1. The van der Waals surface area contributed by atoms with Gasteiger partial charge in [-0.3, -0.25) is 19.2 Å². The third kappa shape index (κ3) is 4.43. The average molecular weight is 330 g/mol. The van der Waals surface area contributed by atoms with E-state index in [1.807, 2.05) is 6.92 Å². The molecule has 0 bridgehead atoms. The van der Waals surface area contributed by atoms with Crippen LogP contribution >= 0.6 is 0 Å². The first-order valence-corrected chi connectivity index (χ1v) is 7.49. The highest BCUT2D eigenvalue weighted by Gasteiger charge is 2.54. The second-order valence-electron chi connectivity index (χ2n) is 6.41. The Hall–Kier alpha value is -2.12. The van der Waals surface area contributed by atoms with Crippen LogP contribution in [0.25, 0.3) is 0 Å². The van der Waals surface area contributed by atoms with Crippen molar-refractivity contribution in [3.63, 3.8) is 0 Å². The Labute approximate surface area is 133 Å². The third-order valence-corrected chi connectivity index (χ3v) is 4.81. The molecule has 0 spiro atoms. The summed E-state index contributed by atoms with van der Waals surface area (Å²) in [5, 5.41) is 37.0. The Balaban J connectivity index is 3.38. The molecule has 0 radical (unpaired) electrons. The zero-order chi connectivity index (χ0) is 17.8. The first-order chi connectivity index (χ1) is 10.6. The van der Waals surface area contributed by atoms with E-state index in [2.05, 4.69) is 0 Å². The van der Waals surface area contributed by atoms with E-state index in [4.69, 9.17) is 10.2 Å². The van der Waals surface area contributed by atoms with Gasteiger partial charge in [0.2, 0.25) is 0 Å². The van der Waals surface area contributed by atoms with Gasteiger partial charge < -0.3 is 20.4 Å². The molecule has 0 aromatic heterocycles. The Morgan fingerprint density at radius 2 is 1.39 bits per heavy atom. The van der Waals surface area contributed by atoms with Crippen LogP contribution in [-0.2, 0) is 19.2 Å². The van der Waals surface area contributed by atoms with Gasteiger partial charge in [-0.2, -0.15) is 0 Å². The minimum Gasteiger partial charge on any atom is -0.481 e. The van der Waals surface area contributed by atoms with Gasteiger partial charge in [0.05, 0.1) is 24.7 Å². The molecule has 1 rings (SSSR count). The van der Waals surface area contributed by atoms with Crippen molar-refractivity contribution >= 4 is 23.9 Å². The van der Waals surface area contributed by atoms with Gasteiger partial charge in [0.15, 0.2) is 0 Å². The molecule has 0 saturated heterocycles. The van der Waals surface area contributed by atoms with Gasteiger partial charge in [-0.15, -0.1) is 0 Å². The minimum absolute atomic E-state index is 0.00930. The summed E-state index contributed by atoms with van der Waals surface area (Å²) in [4.78, 5) is 45.4. The summed E-state index contributed by atoms with van der Waals surface area (Å²) in [6.45, 7) is 1.84. The molecular weight excluding hydrogens is 308 g/mol. The van der Waals surface area contributed by atoms with Crippen LogP contribution in [-0.4, -0.2) is 44.3 Å². The molecule has 1 fully saturated rings. The van der Waals surface area contributed by atoms with E-state index in [-0.39, 0.29) is 18.8 Å². The lowest BCUT2D eigenvalue weighted by Crippen LogP contribution is -2.49. The van der Waals surface area contributed by atoms with Gasteiger partial charge in [0.25, 0.3) is 0 Å². The summed E-state index contributed by atoms with van der Waals surface area (Å²) in [6, 6.07) is 0. The molecule has 0 aromatic rings. The molecule has 0 amide bonds. The first-order valence-electron chi connectivity index (χ1n) is 7.49. The summed E-state index contributed by atoms with van der Waals surface area (Å²) < 4.78 is 0. The zero-order valence-corrected chi connectivity index (χ0v) is 12.9. The van der Waals surface area contributed by atoms with Crippen molar-refractivity contribution in [2.75, 3.05) is 0 Å². The summed E-state index contributed by atoms with van der Waals surface area (Å²) in [6.07, 6.45) is 0.290. The van der Waals surface area contributed by atoms with Crippen molar-refractivity contribution < 1.29 is 39.6 Å². The van der Waals surface area contributed by atoms with Crippen molar-refractivity contribution in [1.29, 1.82) is 0 Å². The van der Waals surface area contributed by atoms with Crippen LogP contribution in [0.4, 0.5) is 0 Å². The Morgan fingerprint density at radius 3 is 1.70 bits per heavy atom. The van der Waals surface area contributed by atoms with Crippen LogP contribution in [0.2, 0.25) is 0 Å². The van der Waals surface area contributed by atoms with Crippen molar-refractivity contribution in [2.24, 2.45) is 23.2 Å². The average Bonchev–Trinajstić information content (AvgIpc) is 2.41. The molecule has 4 N–H and O–H groups in total. The normalized spacial score (nSPS) is 26.9. The highest BCUT2D eigenvalue weighted by atomic mass is 16.4. The molecule has 0 heterocycles. The first kappa shape index (κ1) is 18.9. The molecule has 3 atom stereocenters. The van der Waals surface area contributed by atoms with Gasteiger partial charge >= 0.3 is 23.9 Å². The molecule has 0 aromatic carbocycles. The number of carbonyl (C=O) groups is 4. The van der Waals surface area contributed by atoms with Crippen molar-refractivity contribution in [3.8, 4) is 0 Å². The van der Waals surface area contributed by atoms with Gasteiger partial charge in [0.1, 0.15) is 0 Å². The van der Waals surface area contributed by atoms with Gasteiger partial charge in [0, 0.05) is 0 Å². The van der Waals surface area contributed by atoms with E-state index in [1.165, 1.54) is 0 Å². The highest BCUT2D eigenvalue weighted by molar-refractivity contribution is 5.82. The maximum Gasteiger partial charge on any atom is 0.307 e. The highest BCUT2D eigenvalue weighted by Crippen LogP contribution is 2.52. The predicted molar refractivity (Wildman–Crippen MR) is 76.8 cm³/mol. The number of hydrogen-bond donors (Lipinski definition) is 4. The second kappa shape index (κ2) is 7.43.